The molecule has 3 rings (SSSR count). The fourth-order valence-electron chi connectivity index (χ4n) is 2.79. The third kappa shape index (κ3) is 3.11. The average molecular weight is 351 g/mol. The highest BCUT2D eigenvalue weighted by Crippen LogP contribution is 2.35. The van der Waals surface area contributed by atoms with Crippen molar-refractivity contribution >= 4 is 15.9 Å². The maximum atomic E-state index is 13.0. The molecule has 1 heterocycles. The fraction of sp³-hybridized carbons (Fsp3) is 0.294. The van der Waals surface area contributed by atoms with Crippen molar-refractivity contribution in [1.29, 1.82) is 0 Å². The third-order valence-corrected chi connectivity index (χ3v) is 4.31. The van der Waals surface area contributed by atoms with Crippen LogP contribution in [-0.4, -0.2) is 18.3 Å². The number of aliphatic hydroxyl groups excluding tert-OH is 1. The molecule has 0 saturated heterocycles. The summed E-state index contributed by atoms with van der Waals surface area (Å²) in [4.78, 5) is 0. The monoisotopic (exact) mass is 350 g/mol. The van der Waals surface area contributed by atoms with Crippen LogP contribution in [0.2, 0.25) is 0 Å². The fourth-order valence-corrected chi connectivity index (χ4v) is 3.34. The molecule has 2 aromatic rings. The van der Waals surface area contributed by atoms with Gasteiger partial charge in [-0.05, 0) is 47.4 Å². The Kier molecular flexibility index (Phi) is 4.27. The van der Waals surface area contributed by atoms with Crippen molar-refractivity contribution in [3.05, 3.63) is 63.4 Å². The van der Waals surface area contributed by atoms with E-state index in [0.29, 0.717) is 13.0 Å². The number of aliphatic hydroxyl groups is 1. The van der Waals surface area contributed by atoms with Gasteiger partial charge in [-0.2, -0.15) is 0 Å². The topological polar surface area (TPSA) is 29.5 Å². The van der Waals surface area contributed by atoms with Crippen molar-refractivity contribution in [2.24, 2.45) is 0 Å². The molecule has 0 bridgehead atoms. The van der Waals surface area contributed by atoms with Gasteiger partial charge in [0.15, 0.2) is 0 Å². The van der Waals surface area contributed by atoms with Crippen molar-refractivity contribution in [3.63, 3.8) is 0 Å². The van der Waals surface area contributed by atoms with E-state index < -0.39 is 0 Å². The summed E-state index contributed by atoms with van der Waals surface area (Å²) in [7, 11) is 0. The lowest BCUT2D eigenvalue weighted by Gasteiger charge is -2.17. The van der Waals surface area contributed by atoms with Crippen LogP contribution < -0.4 is 4.74 Å². The molecule has 0 aromatic heterocycles. The molecule has 1 atom stereocenters. The Morgan fingerprint density at radius 3 is 2.71 bits per heavy atom. The number of hydrogen-bond acceptors (Lipinski definition) is 2. The molecule has 1 aliphatic heterocycles. The molecule has 21 heavy (non-hydrogen) atoms. The van der Waals surface area contributed by atoms with Crippen molar-refractivity contribution in [1.82, 2.24) is 0 Å². The van der Waals surface area contributed by atoms with Gasteiger partial charge < -0.3 is 9.84 Å². The SMILES string of the molecule is OCC(Cc1cc(Br)cc2c1OCC2)c1ccc(F)cc1. The highest BCUT2D eigenvalue weighted by molar-refractivity contribution is 9.10. The van der Waals surface area contributed by atoms with Crippen LogP contribution in [0.4, 0.5) is 4.39 Å². The molecule has 4 heteroatoms. The summed E-state index contributed by atoms with van der Waals surface area (Å²) < 4.78 is 19.8. The first kappa shape index (κ1) is 14.5. The Hall–Kier alpha value is -1.39. The van der Waals surface area contributed by atoms with E-state index in [-0.39, 0.29) is 18.3 Å². The van der Waals surface area contributed by atoms with Crippen molar-refractivity contribution < 1.29 is 14.2 Å². The van der Waals surface area contributed by atoms with Crippen LogP contribution in [0.1, 0.15) is 22.6 Å². The van der Waals surface area contributed by atoms with Crippen molar-refractivity contribution in [3.8, 4) is 5.75 Å². The molecule has 1 unspecified atom stereocenters. The Morgan fingerprint density at radius 1 is 1.24 bits per heavy atom. The predicted molar refractivity (Wildman–Crippen MR) is 83.3 cm³/mol. The van der Waals surface area contributed by atoms with Crippen molar-refractivity contribution in [2.75, 3.05) is 13.2 Å². The minimum absolute atomic E-state index is 0.0208. The van der Waals surface area contributed by atoms with Gasteiger partial charge in [-0.15, -0.1) is 0 Å². The summed E-state index contributed by atoms with van der Waals surface area (Å²) in [6.07, 6.45) is 1.59. The summed E-state index contributed by atoms with van der Waals surface area (Å²) >= 11 is 3.53. The van der Waals surface area contributed by atoms with Gasteiger partial charge in [-0.1, -0.05) is 28.1 Å². The maximum Gasteiger partial charge on any atom is 0.125 e. The van der Waals surface area contributed by atoms with E-state index in [4.69, 9.17) is 4.74 Å². The number of hydrogen-bond donors (Lipinski definition) is 1. The summed E-state index contributed by atoms with van der Waals surface area (Å²) in [5.41, 5.74) is 3.22. The standard InChI is InChI=1S/C17H16BrFO2/c18-15-8-12-5-6-21-17(12)13(9-15)7-14(10-20)11-1-3-16(19)4-2-11/h1-4,8-9,14,20H,5-7,10H2. The molecule has 0 saturated carbocycles. The third-order valence-electron chi connectivity index (χ3n) is 3.85. The Bertz CT molecular complexity index is 640. The Balaban J connectivity index is 1.89. The zero-order valence-corrected chi connectivity index (χ0v) is 13.1. The van der Waals surface area contributed by atoms with E-state index in [0.717, 1.165) is 27.8 Å². The van der Waals surface area contributed by atoms with Crippen LogP contribution in [0.15, 0.2) is 40.9 Å². The second-order valence-corrected chi connectivity index (χ2v) is 6.20. The minimum atomic E-state index is -0.262. The van der Waals surface area contributed by atoms with Gasteiger partial charge in [0, 0.05) is 16.8 Å². The van der Waals surface area contributed by atoms with E-state index in [2.05, 4.69) is 22.0 Å². The lowest BCUT2D eigenvalue weighted by Crippen LogP contribution is -2.09. The Labute approximate surface area is 131 Å². The number of halogens is 2. The van der Waals surface area contributed by atoms with Crippen LogP contribution in [0, 0.1) is 5.82 Å². The average Bonchev–Trinajstić information content (AvgIpc) is 2.94. The lowest BCUT2D eigenvalue weighted by molar-refractivity contribution is 0.263. The first-order valence-electron chi connectivity index (χ1n) is 6.98. The van der Waals surface area contributed by atoms with Crippen LogP contribution >= 0.6 is 15.9 Å². The smallest absolute Gasteiger partial charge is 0.125 e. The molecule has 0 spiro atoms. The van der Waals surface area contributed by atoms with Crippen molar-refractivity contribution in [2.45, 2.75) is 18.8 Å². The summed E-state index contributed by atoms with van der Waals surface area (Å²) in [6.45, 7) is 0.728. The molecular weight excluding hydrogens is 335 g/mol. The van der Waals surface area contributed by atoms with Crippen LogP contribution in [0.3, 0.4) is 0 Å². The molecule has 2 aromatic carbocycles. The van der Waals surface area contributed by atoms with E-state index >= 15 is 0 Å². The minimum Gasteiger partial charge on any atom is -0.493 e. The lowest BCUT2D eigenvalue weighted by atomic mass is 9.91. The van der Waals surface area contributed by atoms with Gasteiger partial charge >= 0.3 is 0 Å². The molecule has 0 radical (unpaired) electrons. The van der Waals surface area contributed by atoms with Crippen LogP contribution in [0.25, 0.3) is 0 Å². The van der Waals surface area contributed by atoms with E-state index in [1.165, 1.54) is 17.7 Å². The second kappa shape index (κ2) is 6.16. The number of ether oxygens (including phenoxy) is 1. The molecule has 0 aliphatic carbocycles. The van der Waals surface area contributed by atoms with Gasteiger partial charge in [-0.3, -0.25) is 0 Å². The summed E-state index contributed by atoms with van der Waals surface area (Å²) in [6, 6.07) is 10.4. The zero-order valence-electron chi connectivity index (χ0n) is 11.5. The molecular formula is C17H16BrFO2. The first-order chi connectivity index (χ1) is 10.2. The number of benzene rings is 2. The maximum absolute atomic E-state index is 13.0. The molecule has 2 nitrogen and oxygen atoms in total. The molecule has 110 valence electrons. The zero-order chi connectivity index (χ0) is 14.8. The van der Waals surface area contributed by atoms with Crippen LogP contribution in [0.5, 0.6) is 5.75 Å². The van der Waals surface area contributed by atoms with Crippen LogP contribution in [-0.2, 0) is 12.8 Å². The predicted octanol–water partition coefficient (Wildman–Crippen LogP) is 3.84. The number of rotatable bonds is 4. The molecule has 1 N–H and O–H groups in total. The highest BCUT2D eigenvalue weighted by Gasteiger charge is 2.20. The highest BCUT2D eigenvalue weighted by atomic mass is 79.9. The Morgan fingerprint density at radius 2 is 2.00 bits per heavy atom. The second-order valence-electron chi connectivity index (χ2n) is 5.29. The van der Waals surface area contributed by atoms with Gasteiger partial charge in [-0.25, -0.2) is 4.39 Å². The van der Waals surface area contributed by atoms with E-state index in [1.54, 1.807) is 12.1 Å². The van der Waals surface area contributed by atoms with E-state index in [9.17, 15) is 9.50 Å². The molecule has 1 aliphatic rings. The van der Waals surface area contributed by atoms with Gasteiger partial charge in [0.2, 0.25) is 0 Å². The summed E-state index contributed by atoms with van der Waals surface area (Å²) in [5, 5.41) is 9.68. The number of fused-ring (bicyclic) bond motifs is 1. The largest absolute Gasteiger partial charge is 0.493 e. The quantitative estimate of drug-likeness (QED) is 0.907. The molecule has 0 amide bonds. The normalized spacial score (nSPS) is 14.6. The van der Waals surface area contributed by atoms with Gasteiger partial charge in [0.05, 0.1) is 13.2 Å². The molecule has 0 fully saturated rings. The summed E-state index contributed by atoms with van der Waals surface area (Å²) in [5.74, 6) is 0.620. The van der Waals surface area contributed by atoms with Gasteiger partial charge in [0.1, 0.15) is 11.6 Å². The first-order valence-corrected chi connectivity index (χ1v) is 7.77. The van der Waals surface area contributed by atoms with E-state index in [1.807, 2.05) is 6.07 Å². The van der Waals surface area contributed by atoms with Gasteiger partial charge in [0.25, 0.3) is 0 Å².